The van der Waals surface area contributed by atoms with Crippen LogP contribution in [0.3, 0.4) is 0 Å². The van der Waals surface area contributed by atoms with Gasteiger partial charge in [-0.05, 0) is 40.5 Å². The molecule has 2 heterocycles. The van der Waals surface area contributed by atoms with Crippen molar-refractivity contribution >= 4 is 21.7 Å². The Hall–Kier alpha value is -1.62. The van der Waals surface area contributed by atoms with Crippen molar-refractivity contribution in [3.05, 3.63) is 46.7 Å². The Morgan fingerprint density at radius 1 is 1.25 bits per heavy atom. The van der Waals surface area contributed by atoms with Gasteiger partial charge in [-0.25, -0.2) is 9.97 Å². The van der Waals surface area contributed by atoms with Gasteiger partial charge in [-0.2, -0.15) is 0 Å². The summed E-state index contributed by atoms with van der Waals surface area (Å²) in [5.74, 6) is 1.53. The van der Waals surface area contributed by atoms with Gasteiger partial charge in [-0.3, -0.25) is 0 Å². The van der Waals surface area contributed by atoms with Crippen molar-refractivity contribution in [1.29, 1.82) is 0 Å². The second kappa shape index (κ2) is 7.85. The fraction of sp³-hybridized carbons (Fsp3) is 0.333. The first-order chi connectivity index (χ1) is 9.79. The first-order valence-corrected chi connectivity index (χ1v) is 7.51. The molecule has 0 bridgehead atoms. The molecule has 0 aliphatic heterocycles. The van der Waals surface area contributed by atoms with Crippen molar-refractivity contribution in [2.24, 2.45) is 0 Å². The monoisotopic (exact) mass is 335 g/mol. The van der Waals surface area contributed by atoms with E-state index < -0.39 is 0 Å². The molecule has 0 spiro atoms. The summed E-state index contributed by atoms with van der Waals surface area (Å²) in [6.45, 7) is 3.49. The van der Waals surface area contributed by atoms with Crippen LogP contribution in [0, 0.1) is 0 Å². The lowest BCUT2D eigenvalue weighted by Crippen LogP contribution is -2.06. The van der Waals surface area contributed by atoms with Gasteiger partial charge in [0.1, 0.15) is 5.82 Å². The molecule has 106 valence electrons. The molecule has 0 radical (unpaired) electrons. The highest BCUT2D eigenvalue weighted by atomic mass is 79.9. The van der Waals surface area contributed by atoms with Gasteiger partial charge in [0.15, 0.2) is 0 Å². The molecule has 0 aliphatic carbocycles. The van der Waals surface area contributed by atoms with Crippen LogP contribution in [0.2, 0.25) is 0 Å². The van der Waals surface area contributed by atoms with E-state index in [0.717, 1.165) is 28.7 Å². The normalized spacial score (nSPS) is 10.3. The standard InChI is InChI=1S/C15H18BrN3O/c1-2-3-9-20-15-12(5-4-8-17-15)10-18-14-7-6-13(16)11-19-14/h4-8,11H,2-3,9-10H2,1H3,(H,18,19). The molecule has 2 aromatic rings. The SMILES string of the molecule is CCCCOc1ncccc1CNc1ccc(Br)cn1. The molecule has 4 nitrogen and oxygen atoms in total. The average molecular weight is 336 g/mol. The number of nitrogens with zero attached hydrogens (tertiary/aromatic N) is 2. The maximum absolute atomic E-state index is 5.71. The van der Waals surface area contributed by atoms with Gasteiger partial charge in [0.2, 0.25) is 5.88 Å². The lowest BCUT2D eigenvalue weighted by molar-refractivity contribution is 0.295. The van der Waals surface area contributed by atoms with E-state index in [1.165, 1.54) is 0 Å². The van der Waals surface area contributed by atoms with Crippen LogP contribution in [0.5, 0.6) is 5.88 Å². The lowest BCUT2D eigenvalue weighted by Gasteiger charge is -2.11. The predicted octanol–water partition coefficient (Wildman–Crippen LogP) is 4.03. The number of nitrogens with one attached hydrogen (secondary N) is 1. The third-order valence-electron chi connectivity index (χ3n) is 2.77. The minimum Gasteiger partial charge on any atom is -0.477 e. The van der Waals surface area contributed by atoms with Gasteiger partial charge < -0.3 is 10.1 Å². The number of hydrogen-bond donors (Lipinski definition) is 1. The highest BCUT2D eigenvalue weighted by molar-refractivity contribution is 9.10. The summed E-state index contributed by atoms with van der Waals surface area (Å²) in [5, 5.41) is 3.27. The predicted molar refractivity (Wildman–Crippen MR) is 83.9 cm³/mol. The number of aromatic nitrogens is 2. The van der Waals surface area contributed by atoms with Crippen LogP contribution in [0.25, 0.3) is 0 Å². The number of rotatable bonds is 7. The second-order valence-corrected chi connectivity index (χ2v) is 5.30. The molecule has 0 amide bonds. The van der Waals surface area contributed by atoms with E-state index in [9.17, 15) is 0 Å². The number of halogens is 1. The largest absolute Gasteiger partial charge is 0.477 e. The quantitative estimate of drug-likeness (QED) is 0.776. The minimum absolute atomic E-state index is 0.643. The maximum Gasteiger partial charge on any atom is 0.218 e. The molecular formula is C15H18BrN3O. The summed E-state index contributed by atoms with van der Waals surface area (Å²) >= 11 is 3.37. The first kappa shape index (κ1) is 14.8. The molecule has 0 saturated carbocycles. The van der Waals surface area contributed by atoms with Gasteiger partial charge >= 0.3 is 0 Å². The van der Waals surface area contributed by atoms with E-state index in [-0.39, 0.29) is 0 Å². The van der Waals surface area contributed by atoms with Crippen LogP contribution < -0.4 is 10.1 Å². The van der Waals surface area contributed by atoms with Gasteiger partial charge in [0.25, 0.3) is 0 Å². The van der Waals surface area contributed by atoms with Gasteiger partial charge in [0.05, 0.1) is 6.61 Å². The van der Waals surface area contributed by atoms with Crippen molar-refractivity contribution in [2.45, 2.75) is 26.3 Å². The van der Waals surface area contributed by atoms with E-state index in [1.807, 2.05) is 24.3 Å². The molecule has 0 unspecified atom stereocenters. The molecule has 20 heavy (non-hydrogen) atoms. The van der Waals surface area contributed by atoms with Crippen molar-refractivity contribution in [3.8, 4) is 5.88 Å². The van der Waals surface area contributed by atoms with E-state index in [2.05, 4.69) is 38.1 Å². The number of ether oxygens (including phenoxy) is 1. The molecule has 0 saturated heterocycles. The summed E-state index contributed by atoms with van der Waals surface area (Å²) in [6, 6.07) is 7.81. The molecule has 1 N–H and O–H groups in total. The molecule has 2 aromatic heterocycles. The molecule has 0 aliphatic rings. The number of pyridine rings is 2. The Labute approximate surface area is 127 Å². The second-order valence-electron chi connectivity index (χ2n) is 4.38. The first-order valence-electron chi connectivity index (χ1n) is 6.71. The van der Waals surface area contributed by atoms with Gasteiger partial charge in [-0.15, -0.1) is 0 Å². The molecule has 0 atom stereocenters. The summed E-state index contributed by atoms with van der Waals surface area (Å²) in [5.41, 5.74) is 1.04. The Bertz CT molecular complexity index is 531. The van der Waals surface area contributed by atoms with E-state index in [0.29, 0.717) is 19.0 Å². The van der Waals surface area contributed by atoms with Crippen LogP contribution >= 0.6 is 15.9 Å². The maximum atomic E-state index is 5.71. The van der Waals surface area contributed by atoms with Crippen LogP contribution in [-0.4, -0.2) is 16.6 Å². The summed E-state index contributed by atoms with van der Waals surface area (Å²) in [6.07, 6.45) is 5.67. The Balaban J connectivity index is 1.96. The van der Waals surface area contributed by atoms with Crippen molar-refractivity contribution in [3.63, 3.8) is 0 Å². The summed E-state index contributed by atoms with van der Waals surface area (Å²) in [4.78, 5) is 8.57. The van der Waals surface area contributed by atoms with Crippen LogP contribution in [0.4, 0.5) is 5.82 Å². The summed E-state index contributed by atoms with van der Waals surface area (Å²) in [7, 11) is 0. The van der Waals surface area contributed by atoms with E-state index in [1.54, 1.807) is 12.4 Å². The smallest absolute Gasteiger partial charge is 0.218 e. The third kappa shape index (κ3) is 4.49. The fourth-order valence-corrected chi connectivity index (χ4v) is 1.90. The molecule has 0 aromatic carbocycles. The topological polar surface area (TPSA) is 47.0 Å². The highest BCUT2D eigenvalue weighted by Crippen LogP contribution is 2.17. The lowest BCUT2D eigenvalue weighted by atomic mass is 10.2. The van der Waals surface area contributed by atoms with Gasteiger partial charge in [-0.1, -0.05) is 19.4 Å². The minimum atomic E-state index is 0.643. The van der Waals surface area contributed by atoms with Crippen LogP contribution in [-0.2, 0) is 6.54 Å². The zero-order chi connectivity index (χ0) is 14.2. The van der Waals surface area contributed by atoms with Crippen molar-refractivity contribution in [1.82, 2.24) is 9.97 Å². The average Bonchev–Trinajstić information content (AvgIpc) is 2.48. The van der Waals surface area contributed by atoms with E-state index in [4.69, 9.17) is 4.74 Å². The highest BCUT2D eigenvalue weighted by Gasteiger charge is 2.04. The fourth-order valence-electron chi connectivity index (χ4n) is 1.67. The molecule has 2 rings (SSSR count). The molecule has 0 fully saturated rings. The van der Waals surface area contributed by atoms with Gasteiger partial charge in [0, 0.05) is 29.0 Å². The Kier molecular flexibility index (Phi) is 5.80. The number of unbranched alkanes of at least 4 members (excludes halogenated alkanes) is 1. The van der Waals surface area contributed by atoms with Crippen LogP contribution in [0.1, 0.15) is 25.3 Å². The Morgan fingerprint density at radius 3 is 2.90 bits per heavy atom. The molecular weight excluding hydrogens is 318 g/mol. The third-order valence-corrected chi connectivity index (χ3v) is 3.24. The zero-order valence-corrected chi connectivity index (χ0v) is 13.1. The van der Waals surface area contributed by atoms with Crippen molar-refractivity contribution < 1.29 is 4.74 Å². The number of anilines is 1. The van der Waals surface area contributed by atoms with Crippen LogP contribution in [0.15, 0.2) is 41.1 Å². The number of hydrogen-bond acceptors (Lipinski definition) is 4. The van der Waals surface area contributed by atoms with E-state index >= 15 is 0 Å². The molecule has 5 heteroatoms. The Morgan fingerprint density at radius 2 is 2.15 bits per heavy atom. The summed E-state index contributed by atoms with van der Waals surface area (Å²) < 4.78 is 6.67. The zero-order valence-electron chi connectivity index (χ0n) is 11.5. The van der Waals surface area contributed by atoms with Crippen molar-refractivity contribution in [2.75, 3.05) is 11.9 Å².